The van der Waals surface area contributed by atoms with Crippen LogP contribution in [0.4, 0.5) is 0 Å². The summed E-state index contributed by atoms with van der Waals surface area (Å²) >= 11 is 0. The quantitative estimate of drug-likeness (QED) is 0.450. The Hall–Kier alpha value is -4.10. The van der Waals surface area contributed by atoms with Crippen molar-refractivity contribution >= 4 is 22.3 Å². The van der Waals surface area contributed by atoms with Crippen molar-refractivity contribution in [3.05, 3.63) is 84.3 Å². The maximum absolute atomic E-state index is 12.3. The van der Waals surface area contributed by atoms with Crippen molar-refractivity contribution in [1.29, 1.82) is 0 Å². The lowest BCUT2D eigenvalue weighted by Gasteiger charge is -2.09. The van der Waals surface area contributed by atoms with E-state index in [4.69, 9.17) is 15.2 Å². The predicted octanol–water partition coefficient (Wildman–Crippen LogP) is 3.64. The van der Waals surface area contributed by atoms with Crippen LogP contribution in [0, 0.1) is 6.92 Å². The lowest BCUT2D eigenvalue weighted by molar-refractivity contribution is 0.0945. The molecule has 5 aromatic rings. The van der Waals surface area contributed by atoms with E-state index in [9.17, 15) is 4.79 Å². The minimum Gasteiger partial charge on any atom is -0.395 e. The van der Waals surface area contributed by atoms with Crippen molar-refractivity contribution in [2.45, 2.75) is 6.92 Å². The Labute approximate surface area is 184 Å². The van der Waals surface area contributed by atoms with Crippen molar-refractivity contribution < 1.29 is 9.90 Å². The molecule has 0 aliphatic rings. The number of hydrogen-bond donors (Lipinski definition) is 2. The van der Waals surface area contributed by atoms with E-state index in [-0.39, 0.29) is 19.1 Å². The molecule has 1 aromatic carbocycles. The minimum absolute atomic E-state index is 0.105. The molecule has 0 saturated carbocycles. The fourth-order valence-electron chi connectivity index (χ4n) is 3.90. The van der Waals surface area contributed by atoms with Gasteiger partial charge in [-0.25, -0.2) is 4.52 Å². The average Bonchev–Trinajstić information content (AvgIpc) is 3.21. The first-order chi connectivity index (χ1) is 15.7. The van der Waals surface area contributed by atoms with E-state index in [0.717, 1.165) is 39.1 Å². The number of aliphatic hydroxyl groups is 1. The van der Waals surface area contributed by atoms with Gasteiger partial charge in [0.2, 0.25) is 0 Å². The molecule has 0 saturated heterocycles. The number of hydrogen-bond acceptors (Lipinski definition) is 5. The molecule has 5 rings (SSSR count). The second-order valence-electron chi connectivity index (χ2n) is 7.49. The molecular weight excluding hydrogens is 402 g/mol. The molecule has 0 atom stereocenters. The van der Waals surface area contributed by atoms with Crippen LogP contribution in [0.2, 0.25) is 0 Å². The SMILES string of the molecule is Cc1cccc(-c2nn3ccccc3c2-c2ccnc3cc(C(=O)NCCO)ccc23)n1. The zero-order valence-corrected chi connectivity index (χ0v) is 17.5. The number of carbonyl (C=O) groups is 1. The Morgan fingerprint density at radius 2 is 2.00 bits per heavy atom. The molecule has 4 aromatic heterocycles. The number of aromatic nitrogens is 4. The van der Waals surface area contributed by atoms with Gasteiger partial charge >= 0.3 is 0 Å². The molecule has 0 radical (unpaired) electrons. The van der Waals surface area contributed by atoms with Crippen LogP contribution in [0.15, 0.2) is 73.1 Å². The first-order valence-electron chi connectivity index (χ1n) is 10.4. The molecular formula is C25H21N5O2. The third-order valence-corrected chi connectivity index (χ3v) is 5.34. The molecule has 0 fully saturated rings. The van der Waals surface area contributed by atoms with Crippen LogP contribution in [0.3, 0.4) is 0 Å². The van der Waals surface area contributed by atoms with E-state index in [2.05, 4.69) is 10.3 Å². The molecule has 1 amide bonds. The predicted molar refractivity (Wildman–Crippen MR) is 123 cm³/mol. The van der Waals surface area contributed by atoms with E-state index in [1.165, 1.54) is 0 Å². The summed E-state index contributed by atoms with van der Waals surface area (Å²) in [5.41, 5.74) is 6.61. The Kier molecular flexibility index (Phi) is 5.09. The third kappa shape index (κ3) is 3.48. The maximum Gasteiger partial charge on any atom is 0.251 e. The fourth-order valence-corrected chi connectivity index (χ4v) is 3.90. The number of aryl methyl sites for hydroxylation is 1. The Morgan fingerprint density at radius 3 is 2.84 bits per heavy atom. The van der Waals surface area contributed by atoms with E-state index in [0.29, 0.717) is 11.1 Å². The fraction of sp³-hybridized carbons (Fsp3) is 0.120. The summed E-state index contributed by atoms with van der Waals surface area (Å²) in [5.74, 6) is -0.242. The summed E-state index contributed by atoms with van der Waals surface area (Å²) in [4.78, 5) is 21.5. The van der Waals surface area contributed by atoms with Crippen molar-refractivity contribution in [3.63, 3.8) is 0 Å². The smallest absolute Gasteiger partial charge is 0.251 e. The molecule has 32 heavy (non-hydrogen) atoms. The van der Waals surface area contributed by atoms with E-state index in [1.807, 2.05) is 66.2 Å². The van der Waals surface area contributed by atoms with Crippen molar-refractivity contribution in [3.8, 4) is 22.5 Å². The summed E-state index contributed by atoms with van der Waals surface area (Å²) < 4.78 is 1.86. The largest absolute Gasteiger partial charge is 0.395 e. The van der Waals surface area contributed by atoms with Gasteiger partial charge in [0.25, 0.3) is 5.91 Å². The molecule has 158 valence electrons. The first kappa shape index (κ1) is 19.8. The molecule has 4 heterocycles. The van der Waals surface area contributed by atoms with E-state index in [1.54, 1.807) is 18.3 Å². The summed E-state index contributed by atoms with van der Waals surface area (Å²) in [6, 6.07) is 19.3. The van der Waals surface area contributed by atoms with Gasteiger partial charge < -0.3 is 10.4 Å². The topological polar surface area (TPSA) is 92.4 Å². The van der Waals surface area contributed by atoms with Crippen molar-refractivity contribution in [2.24, 2.45) is 0 Å². The number of fused-ring (bicyclic) bond motifs is 2. The number of nitrogens with zero attached hydrogens (tertiary/aromatic N) is 4. The molecule has 7 nitrogen and oxygen atoms in total. The van der Waals surface area contributed by atoms with Crippen molar-refractivity contribution in [2.75, 3.05) is 13.2 Å². The van der Waals surface area contributed by atoms with E-state index >= 15 is 0 Å². The lowest BCUT2D eigenvalue weighted by atomic mass is 9.97. The van der Waals surface area contributed by atoms with Gasteiger partial charge in [0.15, 0.2) is 0 Å². The van der Waals surface area contributed by atoms with Gasteiger partial charge in [-0.2, -0.15) is 5.10 Å². The van der Waals surface area contributed by atoms with Gasteiger partial charge in [-0.3, -0.25) is 14.8 Å². The number of carbonyl (C=O) groups excluding carboxylic acids is 1. The van der Waals surface area contributed by atoms with Crippen LogP contribution < -0.4 is 5.32 Å². The number of nitrogens with one attached hydrogen (secondary N) is 1. The summed E-state index contributed by atoms with van der Waals surface area (Å²) in [7, 11) is 0. The van der Waals surface area contributed by atoms with Crippen LogP contribution in [-0.4, -0.2) is 43.7 Å². The summed E-state index contributed by atoms with van der Waals surface area (Å²) in [5, 5.41) is 17.4. The molecule has 7 heteroatoms. The van der Waals surface area contributed by atoms with Gasteiger partial charge in [-0.15, -0.1) is 0 Å². The Bertz CT molecular complexity index is 1460. The van der Waals surface area contributed by atoms with Crippen LogP contribution in [-0.2, 0) is 0 Å². The van der Waals surface area contributed by atoms with Gasteiger partial charge in [0.1, 0.15) is 5.69 Å². The second-order valence-corrected chi connectivity index (χ2v) is 7.49. The molecule has 0 spiro atoms. The first-order valence-corrected chi connectivity index (χ1v) is 10.4. The lowest BCUT2D eigenvalue weighted by Crippen LogP contribution is -2.26. The molecule has 0 bridgehead atoms. The number of aliphatic hydroxyl groups excluding tert-OH is 1. The number of pyridine rings is 3. The molecule has 0 unspecified atom stereocenters. The van der Waals surface area contributed by atoms with Gasteiger partial charge in [0.05, 0.1) is 23.3 Å². The zero-order chi connectivity index (χ0) is 22.1. The molecule has 0 aliphatic heterocycles. The Balaban J connectivity index is 1.73. The van der Waals surface area contributed by atoms with Gasteiger partial charge in [-0.05, 0) is 55.0 Å². The Morgan fingerprint density at radius 1 is 1.09 bits per heavy atom. The van der Waals surface area contributed by atoms with Crippen LogP contribution in [0.25, 0.3) is 38.9 Å². The average molecular weight is 423 g/mol. The van der Waals surface area contributed by atoms with Gasteiger partial charge in [-0.1, -0.05) is 18.2 Å². The van der Waals surface area contributed by atoms with Crippen molar-refractivity contribution in [1.82, 2.24) is 24.9 Å². The maximum atomic E-state index is 12.3. The normalized spacial score (nSPS) is 11.2. The highest BCUT2D eigenvalue weighted by molar-refractivity contribution is 6.05. The molecule has 0 aliphatic carbocycles. The van der Waals surface area contributed by atoms with Crippen LogP contribution >= 0.6 is 0 Å². The summed E-state index contributed by atoms with van der Waals surface area (Å²) in [6.07, 6.45) is 3.66. The van der Waals surface area contributed by atoms with E-state index < -0.39 is 0 Å². The highest BCUT2D eigenvalue weighted by Gasteiger charge is 2.20. The number of benzene rings is 1. The van der Waals surface area contributed by atoms with Crippen LogP contribution in [0.5, 0.6) is 0 Å². The highest BCUT2D eigenvalue weighted by atomic mass is 16.3. The molecule has 2 N–H and O–H groups in total. The monoisotopic (exact) mass is 423 g/mol. The number of rotatable bonds is 5. The minimum atomic E-state index is -0.242. The van der Waals surface area contributed by atoms with Crippen LogP contribution in [0.1, 0.15) is 16.1 Å². The third-order valence-electron chi connectivity index (χ3n) is 5.34. The van der Waals surface area contributed by atoms with Gasteiger partial charge in [0, 0.05) is 41.1 Å². The summed E-state index contributed by atoms with van der Waals surface area (Å²) in [6.45, 7) is 2.07. The highest BCUT2D eigenvalue weighted by Crippen LogP contribution is 2.37. The second kappa shape index (κ2) is 8.20. The standard InChI is InChI=1S/C25H21N5O2/c1-16-5-4-6-20(28-16)24-23(22-7-2-3-13-30(22)29-24)19-10-11-26-21-15-17(8-9-18(19)21)25(32)27-12-14-31/h2-11,13,15,31H,12,14H2,1H3,(H,27,32). The number of amides is 1. The zero-order valence-electron chi connectivity index (χ0n) is 17.5.